The van der Waals surface area contributed by atoms with Gasteiger partial charge in [-0.1, -0.05) is 18.2 Å². The number of carbonyl (C=O) groups excluding carboxylic acids is 1. The summed E-state index contributed by atoms with van der Waals surface area (Å²) >= 11 is 0. The van der Waals surface area contributed by atoms with E-state index < -0.39 is 16.8 Å². The fraction of sp³-hybridized carbons (Fsp3) is 0.333. The van der Waals surface area contributed by atoms with Gasteiger partial charge in [-0.2, -0.15) is 0 Å². The van der Waals surface area contributed by atoms with Crippen molar-refractivity contribution in [2.24, 2.45) is 0 Å². The lowest BCUT2D eigenvalue weighted by Crippen LogP contribution is -2.11. The number of hydrogen-bond donors (Lipinski definition) is 1. The summed E-state index contributed by atoms with van der Waals surface area (Å²) < 4.78 is 11.7. The van der Waals surface area contributed by atoms with Crippen molar-refractivity contribution in [3.8, 4) is 0 Å². The van der Waals surface area contributed by atoms with E-state index in [2.05, 4.69) is 0 Å². The zero-order chi connectivity index (χ0) is 12.7. The molecular weight excluding hydrogens is 240 g/mol. The molecule has 17 heavy (non-hydrogen) atoms. The van der Waals surface area contributed by atoms with Crippen molar-refractivity contribution in [1.29, 1.82) is 0 Å². The summed E-state index contributed by atoms with van der Waals surface area (Å²) in [7, 11) is -1.32. The summed E-state index contributed by atoms with van der Waals surface area (Å²) in [6, 6.07) is 8.76. The molecule has 1 N–H and O–H groups in total. The Hall–Kier alpha value is -1.49. The van der Waals surface area contributed by atoms with Gasteiger partial charge in [-0.3, -0.25) is 13.8 Å². The number of carbonyl (C=O) groups is 2. The number of ketones is 1. The molecular formula is C12H14O4S. The first-order valence-electron chi connectivity index (χ1n) is 5.26. The van der Waals surface area contributed by atoms with Crippen LogP contribution >= 0.6 is 0 Å². The molecule has 5 heteroatoms. The molecule has 0 aliphatic heterocycles. The van der Waals surface area contributed by atoms with E-state index in [1.165, 1.54) is 0 Å². The fourth-order valence-corrected chi connectivity index (χ4v) is 2.37. The summed E-state index contributed by atoms with van der Waals surface area (Å²) in [6.45, 7) is 0. The van der Waals surface area contributed by atoms with Gasteiger partial charge in [-0.05, 0) is 18.6 Å². The Labute approximate surface area is 102 Å². The highest BCUT2D eigenvalue weighted by Gasteiger charge is 2.10. The van der Waals surface area contributed by atoms with Gasteiger partial charge in [0.05, 0.1) is 16.6 Å². The second-order valence-electron chi connectivity index (χ2n) is 3.59. The lowest BCUT2D eigenvalue weighted by molar-refractivity contribution is -0.137. The molecule has 1 atom stereocenters. The summed E-state index contributed by atoms with van der Waals surface area (Å²) in [4.78, 5) is 22.3. The van der Waals surface area contributed by atoms with Crippen LogP contribution in [0.4, 0.5) is 0 Å². The molecule has 1 aromatic carbocycles. The molecule has 0 radical (unpaired) electrons. The lowest BCUT2D eigenvalue weighted by atomic mass is 10.2. The first kappa shape index (κ1) is 13.6. The van der Waals surface area contributed by atoms with Crippen LogP contribution in [0.15, 0.2) is 35.2 Å². The normalized spacial score (nSPS) is 12.0. The van der Waals surface area contributed by atoms with Crippen LogP contribution in [0.25, 0.3) is 0 Å². The van der Waals surface area contributed by atoms with Gasteiger partial charge in [0.25, 0.3) is 0 Å². The minimum atomic E-state index is -1.32. The van der Waals surface area contributed by atoms with E-state index in [0.29, 0.717) is 11.3 Å². The van der Waals surface area contributed by atoms with Crippen molar-refractivity contribution in [1.82, 2.24) is 0 Å². The van der Waals surface area contributed by atoms with E-state index in [9.17, 15) is 13.8 Å². The number of carboxylic acids is 1. The molecule has 0 bridgehead atoms. The van der Waals surface area contributed by atoms with Crippen molar-refractivity contribution >= 4 is 22.6 Å². The second kappa shape index (κ2) is 6.96. The van der Waals surface area contributed by atoms with Gasteiger partial charge in [0, 0.05) is 17.7 Å². The lowest BCUT2D eigenvalue weighted by Gasteiger charge is -2.01. The Bertz CT molecular complexity index is 414. The van der Waals surface area contributed by atoms with Crippen LogP contribution in [-0.4, -0.2) is 26.8 Å². The molecule has 92 valence electrons. The molecule has 0 saturated carbocycles. The summed E-state index contributed by atoms with van der Waals surface area (Å²) in [5, 5.41) is 8.41. The zero-order valence-corrected chi connectivity index (χ0v) is 10.1. The molecule has 0 spiro atoms. The largest absolute Gasteiger partial charge is 0.481 e. The van der Waals surface area contributed by atoms with Crippen molar-refractivity contribution in [3.05, 3.63) is 30.3 Å². The van der Waals surface area contributed by atoms with Crippen LogP contribution in [0.2, 0.25) is 0 Å². The molecule has 0 saturated heterocycles. The maximum atomic E-state index is 11.7. The van der Waals surface area contributed by atoms with Crippen LogP contribution in [0.1, 0.15) is 19.3 Å². The van der Waals surface area contributed by atoms with Gasteiger partial charge in [-0.25, -0.2) is 0 Å². The number of aliphatic carboxylic acids is 1. The molecule has 1 rings (SSSR count). The first-order chi connectivity index (χ1) is 8.09. The quantitative estimate of drug-likeness (QED) is 0.802. The fourth-order valence-electron chi connectivity index (χ4n) is 1.31. The topological polar surface area (TPSA) is 71.4 Å². The maximum Gasteiger partial charge on any atom is 0.303 e. The molecule has 0 aliphatic carbocycles. The van der Waals surface area contributed by atoms with Crippen LogP contribution in [0, 0.1) is 0 Å². The SMILES string of the molecule is O=C(O)CCCC(=O)CS(=O)c1ccccc1. The van der Waals surface area contributed by atoms with E-state index in [-0.39, 0.29) is 24.4 Å². The number of carboxylic acid groups (broad SMARTS) is 1. The first-order valence-corrected chi connectivity index (χ1v) is 6.58. The summed E-state index contributed by atoms with van der Waals surface area (Å²) in [5.74, 6) is -1.11. The molecule has 0 aliphatic rings. The highest BCUT2D eigenvalue weighted by Crippen LogP contribution is 2.07. The molecule has 1 aromatic rings. The van der Waals surface area contributed by atoms with Crippen LogP contribution in [-0.2, 0) is 20.4 Å². The summed E-state index contributed by atoms with van der Waals surface area (Å²) in [5.41, 5.74) is 0. The van der Waals surface area contributed by atoms with Gasteiger partial charge in [0.15, 0.2) is 0 Å². The highest BCUT2D eigenvalue weighted by atomic mass is 32.2. The van der Waals surface area contributed by atoms with E-state index in [0.717, 1.165) is 0 Å². The Balaban J connectivity index is 2.36. The average Bonchev–Trinajstić information content (AvgIpc) is 2.29. The van der Waals surface area contributed by atoms with Gasteiger partial charge in [0.1, 0.15) is 5.78 Å². The van der Waals surface area contributed by atoms with E-state index in [4.69, 9.17) is 5.11 Å². The van der Waals surface area contributed by atoms with Crippen LogP contribution < -0.4 is 0 Å². The summed E-state index contributed by atoms with van der Waals surface area (Å²) in [6.07, 6.45) is 0.453. The zero-order valence-electron chi connectivity index (χ0n) is 9.30. The van der Waals surface area contributed by atoms with Gasteiger partial charge < -0.3 is 5.11 Å². The number of benzene rings is 1. The maximum absolute atomic E-state index is 11.7. The molecule has 0 amide bonds. The predicted molar refractivity (Wildman–Crippen MR) is 64.2 cm³/mol. The van der Waals surface area contributed by atoms with Crippen molar-refractivity contribution in [2.45, 2.75) is 24.2 Å². The third-order valence-corrected chi connectivity index (χ3v) is 3.53. The Morgan fingerprint density at radius 1 is 1.12 bits per heavy atom. The second-order valence-corrected chi connectivity index (χ2v) is 5.04. The molecule has 0 heterocycles. The molecule has 0 fully saturated rings. The number of rotatable bonds is 7. The number of hydrogen-bond acceptors (Lipinski definition) is 3. The smallest absolute Gasteiger partial charge is 0.303 e. The van der Waals surface area contributed by atoms with Crippen LogP contribution in [0.5, 0.6) is 0 Å². The van der Waals surface area contributed by atoms with E-state index in [1.807, 2.05) is 6.07 Å². The Morgan fingerprint density at radius 2 is 1.76 bits per heavy atom. The Morgan fingerprint density at radius 3 is 2.35 bits per heavy atom. The standard InChI is InChI=1S/C12H14O4S/c13-10(5-4-8-12(14)15)9-17(16)11-6-2-1-3-7-11/h1-3,6-7H,4-5,8-9H2,(H,14,15). The van der Waals surface area contributed by atoms with Crippen molar-refractivity contribution < 1.29 is 18.9 Å². The van der Waals surface area contributed by atoms with Crippen LogP contribution in [0.3, 0.4) is 0 Å². The minimum Gasteiger partial charge on any atom is -0.481 e. The number of Topliss-reactive ketones (excluding diaryl/α,β-unsaturated/α-hetero) is 1. The highest BCUT2D eigenvalue weighted by molar-refractivity contribution is 7.85. The minimum absolute atomic E-state index is 0.0241. The van der Waals surface area contributed by atoms with Gasteiger partial charge in [0.2, 0.25) is 0 Å². The van der Waals surface area contributed by atoms with Crippen molar-refractivity contribution in [2.75, 3.05) is 5.75 Å². The van der Waals surface area contributed by atoms with Crippen molar-refractivity contribution in [3.63, 3.8) is 0 Å². The van der Waals surface area contributed by atoms with Gasteiger partial charge >= 0.3 is 5.97 Å². The van der Waals surface area contributed by atoms with Gasteiger partial charge in [-0.15, -0.1) is 0 Å². The van der Waals surface area contributed by atoms with E-state index >= 15 is 0 Å². The predicted octanol–water partition coefficient (Wildman–Crippen LogP) is 1.62. The molecule has 4 nitrogen and oxygen atoms in total. The molecule has 0 aromatic heterocycles. The molecule has 1 unspecified atom stereocenters. The third-order valence-electron chi connectivity index (χ3n) is 2.14. The third kappa shape index (κ3) is 5.40. The Kier molecular flexibility index (Phi) is 5.56. The van der Waals surface area contributed by atoms with E-state index in [1.54, 1.807) is 24.3 Å². The average molecular weight is 254 g/mol. The monoisotopic (exact) mass is 254 g/mol.